The fourth-order valence-corrected chi connectivity index (χ4v) is 5.94. The summed E-state index contributed by atoms with van der Waals surface area (Å²) in [5, 5.41) is 10.6. The van der Waals surface area contributed by atoms with Crippen molar-refractivity contribution < 1.29 is 17.9 Å². The van der Waals surface area contributed by atoms with Gasteiger partial charge in [-0.15, -0.1) is 0 Å². The van der Waals surface area contributed by atoms with Gasteiger partial charge in [-0.25, -0.2) is 12.8 Å². The van der Waals surface area contributed by atoms with E-state index in [4.69, 9.17) is 0 Å². The normalized spacial score (nSPS) is 18.7. The summed E-state index contributed by atoms with van der Waals surface area (Å²) in [6.45, 7) is 9.72. The Hall–Kier alpha value is -1.96. The van der Waals surface area contributed by atoms with Crippen molar-refractivity contribution in [3.05, 3.63) is 59.2 Å². The first-order valence-corrected chi connectivity index (χ1v) is 12.8. The summed E-state index contributed by atoms with van der Waals surface area (Å²) in [6.07, 6.45) is -0.273. The number of anilines is 1. The van der Waals surface area contributed by atoms with Crippen molar-refractivity contribution >= 4 is 15.7 Å². The maximum absolute atomic E-state index is 13.6. The van der Waals surface area contributed by atoms with Crippen molar-refractivity contribution in [2.45, 2.75) is 57.7 Å². The van der Waals surface area contributed by atoms with Gasteiger partial charge in [0.1, 0.15) is 6.17 Å². The summed E-state index contributed by atoms with van der Waals surface area (Å²) in [7, 11) is -3.77. The van der Waals surface area contributed by atoms with Crippen molar-refractivity contribution in [2.75, 3.05) is 30.5 Å². The number of hydrogen-bond acceptors (Lipinski definition) is 4. The number of likely N-dealkylation sites (tertiary alicyclic amines) is 1. The molecule has 0 saturated carbocycles. The van der Waals surface area contributed by atoms with Crippen LogP contribution >= 0.6 is 0 Å². The Bertz CT molecular complexity index is 1010. The van der Waals surface area contributed by atoms with Crippen LogP contribution in [0.3, 0.4) is 0 Å². The Morgan fingerprint density at radius 3 is 2.44 bits per heavy atom. The highest BCUT2D eigenvalue weighted by Crippen LogP contribution is 2.29. The molecule has 0 radical (unpaired) electrons. The number of halogens is 1. The number of rotatable bonds is 8. The van der Waals surface area contributed by atoms with Gasteiger partial charge in [0, 0.05) is 19.6 Å². The molecular weight excluding hydrogens is 427 g/mol. The van der Waals surface area contributed by atoms with E-state index < -0.39 is 22.3 Å². The van der Waals surface area contributed by atoms with E-state index in [1.807, 2.05) is 50.8 Å². The molecule has 2 atom stereocenters. The molecule has 2 unspecified atom stereocenters. The van der Waals surface area contributed by atoms with E-state index in [2.05, 4.69) is 0 Å². The third-order valence-corrected chi connectivity index (χ3v) is 7.68. The Morgan fingerprint density at radius 1 is 1.16 bits per heavy atom. The molecule has 7 heteroatoms. The summed E-state index contributed by atoms with van der Waals surface area (Å²) in [4.78, 5) is 2.12. The fourth-order valence-electron chi connectivity index (χ4n) is 4.25. The molecule has 0 bridgehead atoms. The molecule has 0 amide bonds. The summed E-state index contributed by atoms with van der Waals surface area (Å²) >= 11 is 0. The second kappa shape index (κ2) is 10.3. The quantitative estimate of drug-likeness (QED) is 0.622. The molecule has 3 rings (SSSR count). The molecule has 0 aromatic heterocycles. The number of alkyl halides is 1. The molecule has 1 saturated heterocycles. The van der Waals surface area contributed by atoms with Crippen LogP contribution in [-0.2, 0) is 10.0 Å². The van der Waals surface area contributed by atoms with E-state index in [-0.39, 0.29) is 10.8 Å². The van der Waals surface area contributed by atoms with Gasteiger partial charge in [-0.3, -0.25) is 9.21 Å². The summed E-state index contributed by atoms with van der Waals surface area (Å²) in [6, 6.07) is 12.2. The van der Waals surface area contributed by atoms with Crippen molar-refractivity contribution in [1.29, 1.82) is 0 Å². The largest absolute Gasteiger partial charge is 0.387 e. The first-order chi connectivity index (χ1) is 15.1. The predicted molar refractivity (Wildman–Crippen MR) is 127 cm³/mol. The summed E-state index contributed by atoms with van der Waals surface area (Å²) in [5.41, 5.74) is 3.30. The van der Waals surface area contributed by atoms with E-state index in [0.29, 0.717) is 37.3 Å². The van der Waals surface area contributed by atoms with Gasteiger partial charge in [-0.1, -0.05) is 43.7 Å². The molecule has 32 heavy (non-hydrogen) atoms. The lowest BCUT2D eigenvalue weighted by atomic mass is 10.1. The third-order valence-electron chi connectivity index (χ3n) is 5.88. The predicted octanol–water partition coefficient (Wildman–Crippen LogP) is 4.62. The van der Waals surface area contributed by atoms with E-state index >= 15 is 0 Å². The Morgan fingerprint density at radius 2 is 1.84 bits per heavy atom. The zero-order valence-electron chi connectivity index (χ0n) is 19.5. The molecular formula is C25H35FN2O3S. The van der Waals surface area contributed by atoms with Crippen molar-refractivity contribution in [3.63, 3.8) is 0 Å². The molecule has 2 aromatic carbocycles. The molecule has 1 aliphatic heterocycles. The number of hydrogen-bond donors (Lipinski definition) is 1. The molecule has 1 N–H and O–H groups in total. The van der Waals surface area contributed by atoms with Crippen LogP contribution in [0.1, 0.15) is 49.5 Å². The zero-order chi connectivity index (χ0) is 23.5. The number of piperidine rings is 1. The first-order valence-electron chi connectivity index (χ1n) is 11.3. The maximum atomic E-state index is 13.6. The number of sulfonamides is 1. The van der Waals surface area contributed by atoms with E-state index in [9.17, 15) is 17.9 Å². The highest BCUT2D eigenvalue weighted by Gasteiger charge is 2.27. The highest BCUT2D eigenvalue weighted by molar-refractivity contribution is 7.92. The van der Waals surface area contributed by atoms with Crippen LogP contribution < -0.4 is 4.31 Å². The van der Waals surface area contributed by atoms with Gasteiger partial charge in [0.15, 0.2) is 0 Å². The number of aryl methyl sites for hydroxylation is 2. The second-order valence-electron chi connectivity index (χ2n) is 9.30. The van der Waals surface area contributed by atoms with E-state index in [0.717, 1.165) is 24.1 Å². The van der Waals surface area contributed by atoms with Gasteiger partial charge in [-0.05, 0) is 68.5 Å². The molecule has 176 valence electrons. The van der Waals surface area contributed by atoms with Gasteiger partial charge in [0.05, 0.1) is 16.7 Å². The van der Waals surface area contributed by atoms with Crippen LogP contribution in [0.25, 0.3) is 0 Å². The smallest absolute Gasteiger partial charge is 0.264 e. The molecule has 1 fully saturated rings. The number of β-amino-alcohol motifs (C(OH)–C–C–N with tert-alkyl or cyclic N) is 1. The molecule has 0 aliphatic carbocycles. The average Bonchev–Trinajstić information content (AvgIpc) is 2.72. The fraction of sp³-hybridized carbons (Fsp3) is 0.520. The highest BCUT2D eigenvalue weighted by atomic mass is 32.2. The van der Waals surface area contributed by atoms with E-state index in [1.165, 1.54) is 4.31 Å². The summed E-state index contributed by atoms with van der Waals surface area (Å²) in [5.74, 6) is 0.149. The number of aliphatic hydroxyl groups is 1. The Labute approximate surface area is 191 Å². The average molecular weight is 463 g/mol. The minimum absolute atomic E-state index is 0.149. The standard InChI is InChI=1S/C25H35FN2O3S/c1-18(2)15-28(24-12-7-19(3)14-20(24)4)32(30,31)23-10-8-21(9-11-23)25(29)17-27-13-5-6-22(26)16-27/h7-12,14,18,22,25,29H,5-6,13,15-17H2,1-4H3. The SMILES string of the molecule is Cc1ccc(N(CC(C)C)S(=O)(=O)c2ccc(C(O)CN3CCCC(F)C3)cc2)c(C)c1. The monoisotopic (exact) mass is 462 g/mol. The maximum Gasteiger partial charge on any atom is 0.264 e. The van der Waals surface area contributed by atoms with Gasteiger partial charge in [0.25, 0.3) is 10.0 Å². The number of aliphatic hydroxyl groups excluding tert-OH is 1. The second-order valence-corrected chi connectivity index (χ2v) is 11.2. The molecule has 1 aliphatic rings. The minimum atomic E-state index is -3.77. The lowest BCUT2D eigenvalue weighted by Gasteiger charge is -2.30. The number of nitrogens with zero attached hydrogens (tertiary/aromatic N) is 2. The van der Waals surface area contributed by atoms with Gasteiger partial charge in [-0.2, -0.15) is 0 Å². The van der Waals surface area contributed by atoms with Crippen LogP contribution in [0, 0.1) is 19.8 Å². The molecule has 2 aromatic rings. The van der Waals surface area contributed by atoms with Crippen LogP contribution in [0.2, 0.25) is 0 Å². The first kappa shape index (κ1) is 24.7. The van der Waals surface area contributed by atoms with E-state index in [1.54, 1.807) is 24.3 Å². The van der Waals surface area contributed by atoms with Crippen molar-refractivity contribution in [1.82, 2.24) is 4.90 Å². The summed E-state index contributed by atoms with van der Waals surface area (Å²) < 4.78 is 42.2. The lowest BCUT2D eigenvalue weighted by Crippen LogP contribution is -2.38. The molecule has 0 spiro atoms. The lowest BCUT2D eigenvalue weighted by molar-refractivity contribution is 0.0732. The van der Waals surface area contributed by atoms with Crippen molar-refractivity contribution in [2.24, 2.45) is 5.92 Å². The minimum Gasteiger partial charge on any atom is -0.387 e. The van der Waals surface area contributed by atoms with Crippen LogP contribution in [-0.4, -0.2) is 50.8 Å². The van der Waals surface area contributed by atoms with Crippen LogP contribution in [0.5, 0.6) is 0 Å². The number of benzene rings is 2. The topological polar surface area (TPSA) is 60.9 Å². The van der Waals surface area contributed by atoms with Crippen LogP contribution in [0.4, 0.5) is 10.1 Å². The van der Waals surface area contributed by atoms with Crippen LogP contribution in [0.15, 0.2) is 47.4 Å². The Balaban J connectivity index is 1.82. The molecule has 1 heterocycles. The Kier molecular flexibility index (Phi) is 7.96. The van der Waals surface area contributed by atoms with Crippen molar-refractivity contribution in [3.8, 4) is 0 Å². The zero-order valence-corrected chi connectivity index (χ0v) is 20.3. The third kappa shape index (κ3) is 5.88. The van der Waals surface area contributed by atoms with Gasteiger partial charge >= 0.3 is 0 Å². The van der Waals surface area contributed by atoms with Gasteiger partial charge in [0.2, 0.25) is 0 Å². The van der Waals surface area contributed by atoms with Gasteiger partial charge < -0.3 is 5.11 Å². The molecule has 5 nitrogen and oxygen atoms in total.